The Balaban J connectivity index is 2.31. The van der Waals surface area contributed by atoms with Crippen molar-refractivity contribution in [3.05, 3.63) is 0 Å². The van der Waals surface area contributed by atoms with Crippen molar-refractivity contribution in [3.8, 4) is 6.07 Å². The predicted molar refractivity (Wildman–Crippen MR) is 22.9 cm³/mol. The highest BCUT2D eigenvalue weighted by Crippen LogP contribution is 2.36. The Morgan fingerprint density at radius 1 is 1.83 bits per heavy atom. The number of hydrogen-bond acceptors (Lipinski definition) is 1. The monoisotopic (exact) mass is 81.1 g/mol. The fourth-order valence-electron chi connectivity index (χ4n) is 0.502. The molecule has 6 heavy (non-hydrogen) atoms. The Bertz CT molecular complexity index is 90.6. The summed E-state index contributed by atoms with van der Waals surface area (Å²) in [5.74, 6) is 1.11. The second kappa shape index (κ2) is 0.975. The van der Waals surface area contributed by atoms with E-state index < -0.39 is 0 Å². The van der Waals surface area contributed by atoms with Crippen LogP contribution in [0.15, 0.2) is 0 Å². The molecule has 0 aromatic heterocycles. The van der Waals surface area contributed by atoms with E-state index in [1.807, 2.05) is 0 Å². The average Bonchev–Trinajstić information content (AvgIpc) is 2.19. The molecule has 0 amide bonds. The van der Waals surface area contributed by atoms with Crippen molar-refractivity contribution in [2.75, 3.05) is 0 Å². The van der Waals surface area contributed by atoms with Gasteiger partial charge in [-0.1, -0.05) is 6.92 Å². The molecule has 1 nitrogen and oxygen atoms in total. The van der Waals surface area contributed by atoms with Crippen LogP contribution >= 0.6 is 0 Å². The first kappa shape index (κ1) is 3.67. The van der Waals surface area contributed by atoms with E-state index >= 15 is 0 Å². The molecule has 0 spiro atoms. The van der Waals surface area contributed by atoms with Crippen molar-refractivity contribution in [3.63, 3.8) is 0 Å². The van der Waals surface area contributed by atoms with E-state index in [1.165, 1.54) is 0 Å². The van der Waals surface area contributed by atoms with Crippen LogP contribution in [-0.4, -0.2) is 0 Å². The van der Waals surface area contributed by atoms with Crippen LogP contribution in [0, 0.1) is 23.2 Å². The van der Waals surface area contributed by atoms with E-state index in [1.54, 1.807) is 0 Å². The number of hydrogen-bond donors (Lipinski definition) is 0. The van der Waals surface area contributed by atoms with Gasteiger partial charge in [-0.05, 0) is 12.3 Å². The first-order valence-corrected chi connectivity index (χ1v) is 2.24. The third kappa shape index (κ3) is 0.386. The van der Waals surface area contributed by atoms with Gasteiger partial charge in [-0.3, -0.25) is 0 Å². The Morgan fingerprint density at radius 2 is 2.33 bits per heavy atom. The molecule has 0 heterocycles. The van der Waals surface area contributed by atoms with Gasteiger partial charge in [0.1, 0.15) is 0 Å². The number of rotatable bonds is 0. The van der Waals surface area contributed by atoms with E-state index in [4.69, 9.17) is 5.26 Å². The fourth-order valence-corrected chi connectivity index (χ4v) is 0.502. The highest BCUT2D eigenvalue weighted by Gasteiger charge is 2.31. The molecule has 0 bridgehead atoms. The van der Waals surface area contributed by atoms with Gasteiger partial charge in [-0.2, -0.15) is 5.26 Å². The van der Waals surface area contributed by atoms with E-state index in [-0.39, 0.29) is 0 Å². The summed E-state index contributed by atoms with van der Waals surface area (Å²) in [7, 11) is 0. The Hall–Kier alpha value is -0.510. The summed E-state index contributed by atoms with van der Waals surface area (Å²) < 4.78 is 0. The molecule has 2 atom stereocenters. The molecule has 0 aromatic rings. The van der Waals surface area contributed by atoms with Crippen LogP contribution in [0.5, 0.6) is 0 Å². The zero-order valence-electron chi connectivity index (χ0n) is 3.81. The summed E-state index contributed by atoms with van der Waals surface area (Å²) >= 11 is 0. The topological polar surface area (TPSA) is 23.8 Å². The fraction of sp³-hybridized carbons (Fsp3) is 0.800. The smallest absolute Gasteiger partial charge is 0.0658 e. The predicted octanol–water partition coefficient (Wildman–Crippen LogP) is 1.17. The molecular weight excluding hydrogens is 74.1 g/mol. The van der Waals surface area contributed by atoms with Crippen LogP contribution in [-0.2, 0) is 0 Å². The van der Waals surface area contributed by atoms with Gasteiger partial charge in [-0.25, -0.2) is 0 Å². The van der Waals surface area contributed by atoms with Gasteiger partial charge < -0.3 is 0 Å². The van der Waals surface area contributed by atoms with Gasteiger partial charge in [0, 0.05) is 5.92 Å². The van der Waals surface area contributed by atoms with E-state index in [2.05, 4.69) is 13.0 Å². The molecule has 1 heteroatoms. The van der Waals surface area contributed by atoms with Crippen molar-refractivity contribution < 1.29 is 0 Å². The van der Waals surface area contributed by atoms with E-state index in [0.717, 1.165) is 6.42 Å². The maximum atomic E-state index is 8.13. The minimum Gasteiger partial charge on any atom is -0.198 e. The van der Waals surface area contributed by atoms with Crippen LogP contribution in [0.25, 0.3) is 0 Å². The molecule has 0 aromatic carbocycles. The Labute approximate surface area is 37.6 Å². The highest BCUT2D eigenvalue weighted by atomic mass is 14.4. The summed E-state index contributed by atoms with van der Waals surface area (Å²) in [6, 6.07) is 2.19. The van der Waals surface area contributed by atoms with Crippen molar-refractivity contribution in [2.24, 2.45) is 11.8 Å². The first-order valence-electron chi connectivity index (χ1n) is 2.24. The first-order chi connectivity index (χ1) is 2.84. The largest absolute Gasteiger partial charge is 0.198 e. The lowest BCUT2D eigenvalue weighted by Gasteiger charge is -1.64. The van der Waals surface area contributed by atoms with Crippen LogP contribution in [0.3, 0.4) is 0 Å². The molecule has 1 saturated carbocycles. The van der Waals surface area contributed by atoms with Gasteiger partial charge in [0.25, 0.3) is 0 Å². The molecule has 0 aliphatic heterocycles. The van der Waals surface area contributed by atoms with Crippen molar-refractivity contribution in [1.29, 1.82) is 5.26 Å². The Morgan fingerprint density at radius 3 is 2.33 bits per heavy atom. The maximum Gasteiger partial charge on any atom is 0.0658 e. The number of nitriles is 1. The SMILES string of the molecule is C[C@@H]1C[C@H]1C#N. The molecule has 1 aliphatic carbocycles. The lowest BCUT2D eigenvalue weighted by atomic mass is 10.4. The minimum absolute atomic E-state index is 0.407. The lowest BCUT2D eigenvalue weighted by Crippen LogP contribution is -1.63. The second-order valence-corrected chi connectivity index (χ2v) is 1.95. The van der Waals surface area contributed by atoms with Crippen LogP contribution in [0.1, 0.15) is 13.3 Å². The third-order valence-corrected chi connectivity index (χ3v) is 1.28. The third-order valence-electron chi connectivity index (χ3n) is 1.28. The second-order valence-electron chi connectivity index (χ2n) is 1.95. The molecular formula is C5H7N. The van der Waals surface area contributed by atoms with Gasteiger partial charge in [0.05, 0.1) is 6.07 Å². The summed E-state index contributed by atoms with van der Waals surface area (Å²) in [4.78, 5) is 0. The molecule has 1 rings (SSSR count). The summed E-state index contributed by atoms with van der Waals surface area (Å²) in [6.45, 7) is 2.11. The molecule has 0 unspecified atom stereocenters. The summed E-state index contributed by atoms with van der Waals surface area (Å²) in [5, 5.41) is 8.13. The highest BCUT2D eigenvalue weighted by molar-refractivity contribution is 4.98. The van der Waals surface area contributed by atoms with Gasteiger partial charge in [0.2, 0.25) is 0 Å². The molecule has 1 aliphatic rings. The quantitative estimate of drug-likeness (QED) is 0.429. The zero-order chi connectivity index (χ0) is 4.57. The zero-order valence-corrected chi connectivity index (χ0v) is 3.81. The molecule has 1 fully saturated rings. The van der Waals surface area contributed by atoms with Crippen LogP contribution < -0.4 is 0 Å². The normalized spacial score (nSPS) is 41.3. The van der Waals surface area contributed by atoms with Crippen molar-refractivity contribution in [2.45, 2.75) is 13.3 Å². The van der Waals surface area contributed by atoms with Gasteiger partial charge >= 0.3 is 0 Å². The van der Waals surface area contributed by atoms with Crippen LogP contribution in [0.2, 0.25) is 0 Å². The molecule has 0 radical (unpaired) electrons. The summed E-state index contributed by atoms with van der Waals surface area (Å²) in [5.41, 5.74) is 0. The standard InChI is InChI=1S/C5H7N/c1-4-2-5(4)3-6/h4-5H,2H2,1H3/t4-,5+/m1/s1. The molecule has 0 N–H and O–H groups in total. The number of nitrogens with zero attached hydrogens (tertiary/aromatic N) is 1. The summed E-state index contributed by atoms with van der Waals surface area (Å²) in [6.07, 6.45) is 1.14. The average molecular weight is 81.1 g/mol. The van der Waals surface area contributed by atoms with Gasteiger partial charge in [0.15, 0.2) is 0 Å². The van der Waals surface area contributed by atoms with Crippen LogP contribution in [0.4, 0.5) is 0 Å². The van der Waals surface area contributed by atoms with E-state index in [0.29, 0.717) is 11.8 Å². The molecule has 32 valence electrons. The van der Waals surface area contributed by atoms with E-state index in [9.17, 15) is 0 Å². The lowest BCUT2D eigenvalue weighted by molar-refractivity contribution is 0.908. The van der Waals surface area contributed by atoms with Crippen molar-refractivity contribution >= 4 is 0 Å². The Kier molecular flexibility index (Phi) is 0.597. The maximum absolute atomic E-state index is 8.13. The minimum atomic E-state index is 0.407. The molecule has 0 saturated heterocycles. The van der Waals surface area contributed by atoms with Gasteiger partial charge in [-0.15, -0.1) is 0 Å². The van der Waals surface area contributed by atoms with Crippen molar-refractivity contribution in [1.82, 2.24) is 0 Å².